The molecule has 1 unspecified atom stereocenters. The van der Waals surface area contributed by atoms with Gasteiger partial charge in [0, 0.05) is 16.7 Å². The molecule has 0 aliphatic heterocycles. The fourth-order valence-electron chi connectivity index (χ4n) is 8.31. The minimum atomic E-state index is -2.51. The molecule has 0 radical (unpaired) electrons. The van der Waals surface area contributed by atoms with Gasteiger partial charge in [0.15, 0.2) is 23.7 Å². The number of aliphatic hydroxyl groups excluding tert-OH is 2. The lowest BCUT2D eigenvalue weighted by Gasteiger charge is -2.62. The number of esters is 1. The van der Waals surface area contributed by atoms with Crippen LogP contribution in [0.3, 0.4) is 0 Å². The van der Waals surface area contributed by atoms with Gasteiger partial charge >= 0.3 is 12.1 Å². The molecule has 272 valence electrons. The zero-order valence-electron chi connectivity index (χ0n) is 26.9. The summed E-state index contributed by atoms with van der Waals surface area (Å²) in [7, 11) is 0. The van der Waals surface area contributed by atoms with Crippen molar-refractivity contribution in [1.29, 1.82) is 0 Å². The molecule has 18 nitrogen and oxygen atoms in total. The van der Waals surface area contributed by atoms with Gasteiger partial charge in [-0.3, -0.25) is 14.4 Å². The Morgan fingerprint density at radius 2 is 1.82 bits per heavy atom. The molecule has 4 rings (SSSR count). The molecule has 4 aliphatic carbocycles. The number of halogens is 1. The largest absolute Gasteiger partial charge is 0.464 e. The second-order valence-corrected chi connectivity index (χ2v) is 13.3. The average molecular weight is 702 g/mol. The Kier molecular flexibility index (Phi) is 11.0. The van der Waals surface area contributed by atoms with Crippen LogP contribution in [-0.2, 0) is 33.5 Å². The Hall–Kier alpha value is -4.23. The van der Waals surface area contributed by atoms with Gasteiger partial charge in [0.05, 0.1) is 18.8 Å². The Morgan fingerprint density at radius 1 is 1.10 bits per heavy atom. The highest BCUT2D eigenvalue weighted by Gasteiger charge is 2.76. The second-order valence-electron chi connectivity index (χ2n) is 13.3. The van der Waals surface area contributed by atoms with E-state index in [2.05, 4.69) is 15.0 Å². The van der Waals surface area contributed by atoms with Crippen LogP contribution in [0.1, 0.15) is 58.8 Å². The van der Waals surface area contributed by atoms with Crippen LogP contribution in [0, 0.1) is 42.9 Å². The molecule has 49 heavy (non-hydrogen) atoms. The fraction of sp³-hybridized carbons (Fsp3) is 0.733. The summed E-state index contributed by atoms with van der Waals surface area (Å²) < 4.78 is 27.1. The molecule has 0 heterocycles. The molecule has 0 aromatic rings. The summed E-state index contributed by atoms with van der Waals surface area (Å²) in [4.78, 5) is 78.8. The van der Waals surface area contributed by atoms with Gasteiger partial charge in [-0.15, -0.1) is 20.2 Å². The van der Waals surface area contributed by atoms with Crippen LogP contribution >= 0.6 is 0 Å². The van der Waals surface area contributed by atoms with Crippen LogP contribution in [0.15, 0.2) is 23.8 Å². The van der Waals surface area contributed by atoms with Crippen molar-refractivity contribution in [3.8, 4) is 0 Å². The van der Waals surface area contributed by atoms with E-state index in [1.54, 1.807) is 6.92 Å². The molecule has 4 aliphatic rings. The predicted octanol–water partition coefficient (Wildman–Crippen LogP) is 0.853. The Morgan fingerprint density at radius 3 is 2.49 bits per heavy atom. The number of ketones is 2. The quantitative estimate of drug-likeness (QED) is 0.0798. The first kappa shape index (κ1) is 37.6. The predicted molar refractivity (Wildman–Crippen MR) is 159 cm³/mol. The lowest BCUT2D eigenvalue weighted by atomic mass is 9.44. The van der Waals surface area contributed by atoms with Crippen molar-refractivity contribution in [3.63, 3.8) is 0 Å². The molecule has 3 fully saturated rings. The second kappa shape index (κ2) is 14.3. The van der Waals surface area contributed by atoms with Crippen molar-refractivity contribution in [2.24, 2.45) is 22.7 Å². The highest BCUT2D eigenvalue weighted by Crippen LogP contribution is 2.69. The maximum atomic E-state index is 17.2. The number of allylic oxidation sites excluding steroid dienone is 4. The number of nitrogens with zero attached hydrogens (tertiary/aromatic N) is 2. The average Bonchev–Trinajstić information content (AvgIpc) is 3.23. The molecule has 3 saturated carbocycles. The van der Waals surface area contributed by atoms with E-state index in [-0.39, 0.29) is 44.5 Å². The van der Waals surface area contributed by atoms with Crippen molar-refractivity contribution in [2.45, 2.75) is 88.4 Å². The van der Waals surface area contributed by atoms with E-state index in [4.69, 9.17) is 9.47 Å². The first-order valence-corrected chi connectivity index (χ1v) is 15.8. The fourth-order valence-corrected chi connectivity index (χ4v) is 8.31. The summed E-state index contributed by atoms with van der Waals surface area (Å²) >= 11 is 0. The van der Waals surface area contributed by atoms with Gasteiger partial charge < -0.3 is 39.8 Å². The smallest absolute Gasteiger partial charge is 0.408 e. The molecule has 19 heteroatoms. The number of hydrogen-bond donors (Lipinski definition) is 4. The number of alkyl carbamates (subject to hydrolysis) is 1. The van der Waals surface area contributed by atoms with Gasteiger partial charge in [-0.1, -0.05) is 18.6 Å². The van der Waals surface area contributed by atoms with Crippen LogP contribution in [0.5, 0.6) is 0 Å². The van der Waals surface area contributed by atoms with E-state index in [1.807, 2.05) is 0 Å². The van der Waals surface area contributed by atoms with Crippen molar-refractivity contribution >= 4 is 23.6 Å². The Bertz CT molecular complexity index is 1420. The van der Waals surface area contributed by atoms with Crippen molar-refractivity contribution in [3.05, 3.63) is 44.0 Å². The summed E-state index contributed by atoms with van der Waals surface area (Å²) in [6.45, 7) is 0.579. The van der Waals surface area contributed by atoms with E-state index < -0.39 is 106 Å². The number of nitrogens with one attached hydrogen (secondary N) is 1. The Balaban J connectivity index is 1.27. The van der Waals surface area contributed by atoms with E-state index in [0.717, 1.165) is 0 Å². The summed E-state index contributed by atoms with van der Waals surface area (Å²) in [5.74, 6) is -3.89. The molecule has 0 spiro atoms. The third kappa shape index (κ3) is 6.96. The molecule has 0 saturated heterocycles. The number of aliphatic hydroxyl groups is 3. The van der Waals surface area contributed by atoms with Gasteiger partial charge in [-0.25, -0.2) is 9.18 Å². The topological polar surface area (TPSA) is 264 Å². The summed E-state index contributed by atoms with van der Waals surface area (Å²) in [6.07, 6.45) is -1.31. The molecular formula is C30H40FN3O15. The van der Waals surface area contributed by atoms with Crippen molar-refractivity contribution in [2.75, 3.05) is 26.4 Å². The van der Waals surface area contributed by atoms with E-state index in [1.165, 1.54) is 25.2 Å². The van der Waals surface area contributed by atoms with Crippen LogP contribution in [-0.4, -0.2) is 105 Å². The van der Waals surface area contributed by atoms with Gasteiger partial charge in [0.25, 0.3) is 10.2 Å². The van der Waals surface area contributed by atoms with Crippen LogP contribution < -0.4 is 5.32 Å². The van der Waals surface area contributed by atoms with E-state index >= 15 is 4.39 Å². The third-order valence-corrected chi connectivity index (χ3v) is 10.8. The van der Waals surface area contributed by atoms with Crippen LogP contribution in [0.4, 0.5) is 9.18 Å². The van der Waals surface area contributed by atoms with Gasteiger partial charge in [0.1, 0.15) is 19.3 Å². The molecular weight excluding hydrogens is 661 g/mol. The third-order valence-electron chi connectivity index (χ3n) is 10.8. The maximum Gasteiger partial charge on any atom is 0.408 e. The minimum absolute atomic E-state index is 0.0166. The standard InChI is InChI=1S/C30H40FN3O15/c1-27-9-8-18(35)11-17(27)6-7-20-21-12-22(36)30(41,28(21,2)13-23(37)29(20,27)31)24(38)16-47-26(40)32-14-25(39)46-10-4-3-5-19(49-34(44)45)15-48-33(42)43/h8-9,11,19-23,36-37,41H,3-7,10,12-16H2,1-2H3,(H,32,40)/t19?,20-,21-,22+,23-,27-,28-,29-,30-/m0/s1. The van der Waals surface area contributed by atoms with Crippen LogP contribution in [0.25, 0.3) is 0 Å². The Labute approximate surface area is 278 Å². The molecule has 1 amide bonds. The zero-order valence-corrected chi connectivity index (χ0v) is 26.9. The minimum Gasteiger partial charge on any atom is -0.464 e. The van der Waals surface area contributed by atoms with Crippen molar-refractivity contribution < 1.29 is 68.2 Å². The first-order chi connectivity index (χ1) is 22.9. The molecule has 4 N–H and O–H groups in total. The molecule has 9 atom stereocenters. The number of Topliss-reactive ketones (excluding diaryl/α,β-unsaturated/α-hetero) is 1. The molecule has 0 bridgehead atoms. The highest BCUT2D eigenvalue weighted by molar-refractivity contribution is 6.01. The molecule has 0 aromatic heterocycles. The van der Waals surface area contributed by atoms with Gasteiger partial charge in [-0.2, -0.15) is 0 Å². The summed E-state index contributed by atoms with van der Waals surface area (Å²) in [5.41, 5.74) is -7.03. The number of alkyl halides is 1. The SMILES string of the molecule is C[C@]12C=CC(=O)C=C1CC[C@H]1[C@@H]3C[C@@H](O)[C@](O)(C(=O)COC(=O)NCC(=O)OCCCCC(CO[N+](=O)[O-])O[N+](=O)[O-])[C@@]3(C)C[C@H](O)[C@@]12F. The van der Waals surface area contributed by atoms with Gasteiger partial charge in [0.2, 0.25) is 5.78 Å². The lowest BCUT2D eigenvalue weighted by molar-refractivity contribution is -0.790. The summed E-state index contributed by atoms with van der Waals surface area (Å²) in [6, 6.07) is 0. The van der Waals surface area contributed by atoms with E-state index in [9.17, 15) is 54.7 Å². The van der Waals surface area contributed by atoms with E-state index in [0.29, 0.717) is 12.0 Å². The number of carbonyl (C=O) groups is 4. The number of fused-ring (bicyclic) bond motifs is 5. The maximum absolute atomic E-state index is 17.2. The summed E-state index contributed by atoms with van der Waals surface area (Å²) in [5, 5.41) is 54.8. The van der Waals surface area contributed by atoms with Crippen molar-refractivity contribution in [1.82, 2.24) is 5.32 Å². The number of ether oxygens (including phenoxy) is 2. The first-order valence-electron chi connectivity index (χ1n) is 15.8. The van der Waals surface area contributed by atoms with Crippen LogP contribution in [0.2, 0.25) is 0 Å². The number of unbranched alkanes of at least 4 members (excludes halogenated alkanes) is 1. The number of rotatable bonds is 15. The van der Waals surface area contributed by atoms with Gasteiger partial charge in [-0.05, 0) is 69.9 Å². The number of amides is 1. The number of hydrogen-bond acceptors (Lipinski definition) is 15. The highest BCUT2D eigenvalue weighted by atomic mass is 19.1. The number of carbonyl (C=O) groups excluding carboxylic acids is 4. The molecule has 0 aromatic carbocycles. The monoisotopic (exact) mass is 701 g/mol. The lowest BCUT2D eigenvalue weighted by Crippen LogP contribution is -2.69. The normalized spacial score (nSPS) is 35.1. The zero-order chi connectivity index (χ0) is 36.4.